The molecule has 140 valence electrons. The monoisotopic (exact) mass is 427 g/mol. The molecule has 1 N–H and O–H groups in total. The van der Waals surface area contributed by atoms with Gasteiger partial charge in [0.05, 0.1) is 18.3 Å². The largest absolute Gasteiger partial charge is 0.342 e. The van der Waals surface area contributed by atoms with E-state index in [0.29, 0.717) is 23.7 Å². The van der Waals surface area contributed by atoms with Crippen LogP contribution in [0.3, 0.4) is 0 Å². The third-order valence-corrected chi connectivity index (χ3v) is 4.75. The zero-order chi connectivity index (χ0) is 19.4. The first-order valence-corrected chi connectivity index (χ1v) is 9.57. The van der Waals surface area contributed by atoms with Crippen molar-refractivity contribution in [2.75, 3.05) is 0 Å². The number of halogens is 1. The lowest BCUT2D eigenvalue weighted by Gasteiger charge is -2.16. The van der Waals surface area contributed by atoms with Crippen molar-refractivity contribution in [1.29, 1.82) is 0 Å². The van der Waals surface area contributed by atoms with Crippen LogP contribution in [0, 0.1) is 0 Å². The van der Waals surface area contributed by atoms with E-state index in [1.54, 1.807) is 24.1 Å². The van der Waals surface area contributed by atoms with Crippen molar-refractivity contribution in [2.24, 2.45) is 7.05 Å². The van der Waals surface area contributed by atoms with Gasteiger partial charge in [0.25, 0.3) is 0 Å². The van der Waals surface area contributed by atoms with E-state index >= 15 is 0 Å². The Kier molecular flexibility index (Phi) is 6.01. The molecule has 3 aromatic rings. The molecule has 1 amide bonds. The van der Waals surface area contributed by atoms with E-state index < -0.39 is 6.04 Å². The van der Waals surface area contributed by atoms with E-state index in [-0.39, 0.29) is 5.91 Å². The molecule has 0 aliphatic rings. The van der Waals surface area contributed by atoms with E-state index in [1.807, 2.05) is 24.3 Å². The second-order valence-corrected chi connectivity index (χ2v) is 7.71. The summed E-state index contributed by atoms with van der Waals surface area (Å²) in [5.41, 5.74) is 3.59. The summed E-state index contributed by atoms with van der Waals surface area (Å²) >= 11 is 3.38. The summed E-state index contributed by atoms with van der Waals surface area (Å²) < 4.78 is 2.48. The lowest BCUT2D eigenvalue weighted by Crippen LogP contribution is -2.31. The zero-order valence-corrected chi connectivity index (χ0v) is 17.1. The van der Waals surface area contributed by atoms with Crippen LogP contribution in [0.15, 0.2) is 53.3 Å². The summed E-state index contributed by atoms with van der Waals surface area (Å²) in [6.07, 6.45) is 3.78. The van der Waals surface area contributed by atoms with Crippen LogP contribution in [0.25, 0.3) is 0 Å². The Morgan fingerprint density at radius 1 is 1.15 bits per heavy atom. The smallest absolute Gasteiger partial charge is 0.225 e. The number of nitrogens with one attached hydrogen (secondary N) is 1. The molecule has 0 saturated carbocycles. The minimum absolute atomic E-state index is 0.0901. The maximum absolute atomic E-state index is 12.7. The molecule has 1 atom stereocenters. The Morgan fingerprint density at radius 3 is 2.44 bits per heavy atom. The number of hydrogen-bond donors (Lipinski definition) is 1. The summed E-state index contributed by atoms with van der Waals surface area (Å²) in [6.45, 7) is 4.30. The second kappa shape index (κ2) is 8.43. The van der Waals surface area contributed by atoms with Crippen molar-refractivity contribution >= 4 is 21.8 Å². The van der Waals surface area contributed by atoms with Gasteiger partial charge in [-0.25, -0.2) is 0 Å². The third kappa shape index (κ3) is 5.01. The molecule has 27 heavy (non-hydrogen) atoms. The van der Waals surface area contributed by atoms with Crippen molar-refractivity contribution in [2.45, 2.75) is 32.2 Å². The molecule has 0 radical (unpaired) electrons. The number of aromatic nitrogens is 4. The molecule has 6 nitrogen and oxygen atoms in total. The Bertz CT molecular complexity index is 903. The number of amides is 1. The number of carbonyl (C=O) groups is 1. The summed E-state index contributed by atoms with van der Waals surface area (Å²) in [7, 11) is 1.79. The first-order chi connectivity index (χ1) is 12.9. The van der Waals surface area contributed by atoms with Crippen molar-refractivity contribution in [1.82, 2.24) is 25.3 Å². The molecule has 3 rings (SSSR count). The van der Waals surface area contributed by atoms with Crippen LogP contribution in [-0.2, 0) is 18.3 Å². The first-order valence-electron chi connectivity index (χ1n) is 8.78. The molecule has 0 spiro atoms. The summed E-state index contributed by atoms with van der Waals surface area (Å²) in [5.74, 6) is 0.380. The van der Waals surface area contributed by atoms with Crippen LogP contribution in [0.2, 0.25) is 0 Å². The van der Waals surface area contributed by atoms with Gasteiger partial charge in [-0.15, -0.1) is 5.10 Å². The number of pyridine rings is 1. The molecular formula is C20H22BrN5O. The molecule has 2 heterocycles. The second-order valence-electron chi connectivity index (χ2n) is 6.79. The molecule has 0 unspecified atom stereocenters. The maximum atomic E-state index is 12.7. The van der Waals surface area contributed by atoms with Gasteiger partial charge in [0.2, 0.25) is 5.91 Å². The lowest BCUT2D eigenvalue weighted by atomic mass is 10.0. The van der Waals surface area contributed by atoms with Gasteiger partial charge >= 0.3 is 0 Å². The van der Waals surface area contributed by atoms with Gasteiger partial charge in [0.1, 0.15) is 11.7 Å². The average molecular weight is 428 g/mol. The minimum Gasteiger partial charge on any atom is -0.342 e. The van der Waals surface area contributed by atoms with Gasteiger partial charge < -0.3 is 5.32 Å². The molecule has 1 aromatic carbocycles. The number of hydrogen-bond acceptors (Lipinski definition) is 4. The van der Waals surface area contributed by atoms with Gasteiger partial charge in [0, 0.05) is 17.7 Å². The molecule has 0 aliphatic heterocycles. The van der Waals surface area contributed by atoms with Gasteiger partial charge in [0.15, 0.2) is 0 Å². The van der Waals surface area contributed by atoms with Gasteiger partial charge in [-0.05, 0) is 45.1 Å². The van der Waals surface area contributed by atoms with Gasteiger partial charge in [-0.2, -0.15) is 0 Å². The third-order valence-electron chi connectivity index (χ3n) is 4.28. The summed E-state index contributed by atoms with van der Waals surface area (Å²) in [4.78, 5) is 17.1. The molecule has 0 saturated heterocycles. The SMILES string of the molecule is CC(C)c1ccc(CC(=O)N[C@@H](c2ccc(Br)cn2)c2cn(C)nn2)cc1. The van der Waals surface area contributed by atoms with Crippen LogP contribution < -0.4 is 5.32 Å². The normalized spacial score (nSPS) is 12.2. The average Bonchev–Trinajstić information content (AvgIpc) is 3.07. The van der Waals surface area contributed by atoms with E-state index in [0.717, 1.165) is 10.0 Å². The van der Waals surface area contributed by atoms with Crippen molar-refractivity contribution in [3.63, 3.8) is 0 Å². The van der Waals surface area contributed by atoms with Gasteiger partial charge in [-0.3, -0.25) is 14.5 Å². The first kappa shape index (κ1) is 19.2. The Balaban J connectivity index is 1.77. The fraction of sp³-hybridized carbons (Fsp3) is 0.300. The zero-order valence-electron chi connectivity index (χ0n) is 15.6. The molecule has 0 aliphatic carbocycles. The van der Waals surface area contributed by atoms with E-state index in [9.17, 15) is 4.79 Å². The number of benzene rings is 1. The van der Waals surface area contributed by atoms with E-state index in [2.05, 4.69) is 62.5 Å². The van der Waals surface area contributed by atoms with E-state index in [1.165, 1.54) is 5.56 Å². The number of rotatable bonds is 6. The fourth-order valence-corrected chi connectivity index (χ4v) is 3.01. The van der Waals surface area contributed by atoms with Crippen molar-refractivity contribution in [3.05, 3.63) is 75.8 Å². The molecule has 0 bridgehead atoms. The van der Waals surface area contributed by atoms with E-state index in [4.69, 9.17) is 0 Å². The standard InChI is InChI=1S/C20H22BrN5O/c1-13(2)15-6-4-14(5-7-15)10-19(27)23-20(18-12-26(3)25-24-18)17-9-8-16(21)11-22-17/h4-9,11-13,20H,10H2,1-3H3,(H,23,27)/t20-/m0/s1. The molecule has 7 heteroatoms. The quantitative estimate of drug-likeness (QED) is 0.652. The Hall–Kier alpha value is -2.54. The topological polar surface area (TPSA) is 72.7 Å². The van der Waals surface area contributed by atoms with Crippen molar-refractivity contribution < 1.29 is 4.79 Å². The van der Waals surface area contributed by atoms with Crippen LogP contribution >= 0.6 is 15.9 Å². The minimum atomic E-state index is -0.450. The Labute approximate surface area is 167 Å². The highest BCUT2D eigenvalue weighted by Gasteiger charge is 2.21. The number of aryl methyl sites for hydroxylation is 1. The van der Waals surface area contributed by atoms with Crippen LogP contribution in [0.4, 0.5) is 0 Å². The highest BCUT2D eigenvalue weighted by molar-refractivity contribution is 9.10. The molecule has 0 fully saturated rings. The predicted molar refractivity (Wildman–Crippen MR) is 107 cm³/mol. The fourth-order valence-electron chi connectivity index (χ4n) is 2.77. The lowest BCUT2D eigenvalue weighted by molar-refractivity contribution is -0.121. The number of nitrogens with zero attached hydrogens (tertiary/aromatic N) is 4. The number of carbonyl (C=O) groups excluding carboxylic acids is 1. The predicted octanol–water partition coefficient (Wildman–Crippen LogP) is 3.54. The highest BCUT2D eigenvalue weighted by Crippen LogP contribution is 2.20. The molecular weight excluding hydrogens is 406 g/mol. The highest BCUT2D eigenvalue weighted by atomic mass is 79.9. The molecule has 2 aromatic heterocycles. The maximum Gasteiger partial charge on any atom is 0.225 e. The summed E-state index contributed by atoms with van der Waals surface area (Å²) in [5, 5.41) is 11.2. The van der Waals surface area contributed by atoms with Gasteiger partial charge in [-0.1, -0.05) is 43.3 Å². The summed E-state index contributed by atoms with van der Waals surface area (Å²) in [6, 6.07) is 11.5. The van der Waals surface area contributed by atoms with Crippen molar-refractivity contribution in [3.8, 4) is 0 Å². The van der Waals surface area contributed by atoms with Crippen LogP contribution in [-0.4, -0.2) is 25.9 Å². The van der Waals surface area contributed by atoms with Crippen LogP contribution in [0.1, 0.15) is 48.3 Å². The van der Waals surface area contributed by atoms with Crippen LogP contribution in [0.5, 0.6) is 0 Å². The Morgan fingerprint density at radius 2 is 1.89 bits per heavy atom.